The first-order valence-electron chi connectivity index (χ1n) is 4.51. The van der Waals surface area contributed by atoms with E-state index in [0.29, 0.717) is 11.1 Å². The van der Waals surface area contributed by atoms with Crippen LogP contribution in [0.15, 0.2) is 36.8 Å². The molecule has 4 heteroatoms. The lowest BCUT2D eigenvalue weighted by Crippen LogP contribution is -2.02. The Hall–Kier alpha value is -2.10. The van der Waals surface area contributed by atoms with Crippen molar-refractivity contribution in [2.45, 2.75) is 6.92 Å². The topological polar surface area (TPSA) is 55.7 Å². The lowest BCUT2D eigenvalue weighted by molar-refractivity contribution is 0.103. The van der Waals surface area contributed by atoms with Crippen molar-refractivity contribution in [1.29, 1.82) is 0 Å². The monoisotopic (exact) mass is 199 g/mol. The summed E-state index contributed by atoms with van der Waals surface area (Å²) in [4.78, 5) is 15.9. The molecule has 0 radical (unpaired) electrons. The average molecular weight is 199 g/mol. The molecule has 2 heterocycles. The predicted molar refractivity (Wildman–Crippen MR) is 54.4 cm³/mol. The van der Waals surface area contributed by atoms with Gasteiger partial charge >= 0.3 is 0 Å². The molecule has 0 bridgehead atoms. The second-order valence-corrected chi connectivity index (χ2v) is 3.15. The van der Waals surface area contributed by atoms with Gasteiger partial charge in [0.05, 0.1) is 12.4 Å². The van der Waals surface area contributed by atoms with Crippen LogP contribution in [0.3, 0.4) is 0 Å². The zero-order chi connectivity index (χ0) is 10.7. The highest BCUT2D eigenvalue weighted by molar-refractivity contribution is 6.08. The highest BCUT2D eigenvalue weighted by Crippen LogP contribution is 2.07. The van der Waals surface area contributed by atoms with E-state index in [1.807, 2.05) is 13.0 Å². The largest absolute Gasteiger partial charge is 0.288 e. The number of carbonyl (C=O) groups is 1. The maximum absolute atomic E-state index is 11.8. The van der Waals surface area contributed by atoms with E-state index in [1.54, 1.807) is 18.3 Å². The Morgan fingerprint density at radius 1 is 1.07 bits per heavy atom. The summed E-state index contributed by atoms with van der Waals surface area (Å²) in [6.07, 6.45) is 4.51. The van der Waals surface area contributed by atoms with Gasteiger partial charge in [-0.1, -0.05) is 0 Å². The third kappa shape index (κ3) is 2.04. The predicted octanol–water partition coefficient (Wildman–Crippen LogP) is 1.41. The minimum Gasteiger partial charge on any atom is -0.288 e. The molecule has 0 amide bonds. The molecule has 0 aliphatic heterocycles. The molecular weight excluding hydrogens is 190 g/mol. The molecule has 0 fully saturated rings. The van der Waals surface area contributed by atoms with E-state index < -0.39 is 0 Å². The van der Waals surface area contributed by atoms with Gasteiger partial charge in [-0.25, -0.2) is 0 Å². The summed E-state index contributed by atoms with van der Waals surface area (Å²) in [6.45, 7) is 1.88. The number of aryl methyl sites for hydroxylation is 1. The van der Waals surface area contributed by atoms with Crippen molar-refractivity contribution >= 4 is 5.78 Å². The number of hydrogen-bond donors (Lipinski definition) is 0. The van der Waals surface area contributed by atoms with Crippen molar-refractivity contribution < 1.29 is 4.79 Å². The fourth-order valence-electron chi connectivity index (χ4n) is 1.19. The molecular formula is C11H9N3O. The van der Waals surface area contributed by atoms with E-state index in [2.05, 4.69) is 15.2 Å². The summed E-state index contributed by atoms with van der Waals surface area (Å²) in [6, 6.07) is 5.20. The summed E-state index contributed by atoms with van der Waals surface area (Å²) in [5, 5.41) is 7.28. The van der Waals surface area contributed by atoms with Gasteiger partial charge in [0.25, 0.3) is 0 Å². The molecule has 0 aliphatic rings. The molecule has 0 N–H and O–H groups in total. The summed E-state index contributed by atoms with van der Waals surface area (Å²) in [7, 11) is 0. The van der Waals surface area contributed by atoms with Crippen molar-refractivity contribution in [2.24, 2.45) is 0 Å². The van der Waals surface area contributed by atoms with E-state index >= 15 is 0 Å². The van der Waals surface area contributed by atoms with Crippen molar-refractivity contribution in [1.82, 2.24) is 15.2 Å². The second-order valence-electron chi connectivity index (χ2n) is 3.15. The summed E-state index contributed by atoms with van der Waals surface area (Å²) < 4.78 is 0. The molecule has 74 valence electrons. The zero-order valence-corrected chi connectivity index (χ0v) is 8.21. The van der Waals surface area contributed by atoms with Crippen LogP contribution in [-0.4, -0.2) is 21.0 Å². The number of hydrogen-bond acceptors (Lipinski definition) is 4. The van der Waals surface area contributed by atoms with E-state index in [9.17, 15) is 4.79 Å². The number of ketones is 1. The van der Waals surface area contributed by atoms with Gasteiger partial charge in [0.15, 0.2) is 5.78 Å². The standard InChI is InChI=1S/C11H9N3O/c1-8-2-3-9(6-12-8)11(15)10-4-5-13-14-7-10/h2-7H,1H3. The third-order valence-electron chi connectivity index (χ3n) is 2.02. The van der Waals surface area contributed by atoms with E-state index in [1.165, 1.54) is 12.4 Å². The smallest absolute Gasteiger partial charge is 0.196 e. The maximum Gasteiger partial charge on any atom is 0.196 e. The van der Waals surface area contributed by atoms with Crippen molar-refractivity contribution in [3.8, 4) is 0 Å². The Bertz CT molecular complexity index is 465. The van der Waals surface area contributed by atoms with Crippen LogP contribution in [0.4, 0.5) is 0 Å². The van der Waals surface area contributed by atoms with Gasteiger partial charge < -0.3 is 0 Å². The molecule has 0 atom stereocenters. The van der Waals surface area contributed by atoms with Crippen LogP contribution in [0, 0.1) is 6.92 Å². The van der Waals surface area contributed by atoms with Gasteiger partial charge in [0.1, 0.15) is 0 Å². The number of nitrogens with zero attached hydrogens (tertiary/aromatic N) is 3. The van der Waals surface area contributed by atoms with Crippen molar-refractivity contribution in [3.63, 3.8) is 0 Å². The van der Waals surface area contributed by atoms with Crippen LogP contribution in [0.1, 0.15) is 21.6 Å². The van der Waals surface area contributed by atoms with Gasteiger partial charge in [-0.3, -0.25) is 9.78 Å². The highest BCUT2D eigenvalue weighted by atomic mass is 16.1. The number of rotatable bonds is 2. The van der Waals surface area contributed by atoms with Gasteiger partial charge in [0, 0.05) is 23.0 Å². The Morgan fingerprint density at radius 3 is 2.47 bits per heavy atom. The first-order valence-corrected chi connectivity index (χ1v) is 4.51. The minimum atomic E-state index is -0.0857. The van der Waals surface area contributed by atoms with Crippen molar-refractivity contribution in [2.75, 3.05) is 0 Å². The highest BCUT2D eigenvalue weighted by Gasteiger charge is 2.08. The lowest BCUT2D eigenvalue weighted by Gasteiger charge is -1.99. The van der Waals surface area contributed by atoms with Crippen LogP contribution < -0.4 is 0 Å². The Kier molecular flexibility index (Phi) is 2.49. The van der Waals surface area contributed by atoms with Crippen molar-refractivity contribution in [3.05, 3.63) is 53.6 Å². The van der Waals surface area contributed by atoms with Crippen LogP contribution in [0.5, 0.6) is 0 Å². The molecule has 2 aromatic rings. The fourth-order valence-corrected chi connectivity index (χ4v) is 1.19. The maximum atomic E-state index is 11.8. The van der Waals surface area contributed by atoms with E-state index in [4.69, 9.17) is 0 Å². The molecule has 15 heavy (non-hydrogen) atoms. The molecule has 2 aromatic heterocycles. The molecule has 4 nitrogen and oxygen atoms in total. The zero-order valence-electron chi connectivity index (χ0n) is 8.21. The second kappa shape index (κ2) is 3.96. The molecule has 0 saturated carbocycles. The molecule has 0 aromatic carbocycles. The quantitative estimate of drug-likeness (QED) is 0.686. The summed E-state index contributed by atoms with van der Waals surface area (Å²) >= 11 is 0. The number of carbonyl (C=O) groups excluding carboxylic acids is 1. The Morgan fingerprint density at radius 2 is 1.87 bits per heavy atom. The van der Waals surface area contributed by atoms with Crippen LogP contribution in [0.25, 0.3) is 0 Å². The third-order valence-corrected chi connectivity index (χ3v) is 2.02. The number of aromatic nitrogens is 3. The van der Waals surface area contributed by atoms with E-state index in [-0.39, 0.29) is 5.78 Å². The Labute approximate surface area is 87.0 Å². The van der Waals surface area contributed by atoms with E-state index in [0.717, 1.165) is 5.69 Å². The fraction of sp³-hybridized carbons (Fsp3) is 0.0909. The van der Waals surface area contributed by atoms with Crippen LogP contribution in [0.2, 0.25) is 0 Å². The van der Waals surface area contributed by atoms with Gasteiger partial charge in [-0.05, 0) is 25.1 Å². The average Bonchev–Trinajstić information content (AvgIpc) is 2.30. The molecule has 0 spiro atoms. The van der Waals surface area contributed by atoms with Gasteiger partial charge in [0.2, 0.25) is 0 Å². The molecule has 2 rings (SSSR count). The molecule has 0 aliphatic carbocycles. The lowest BCUT2D eigenvalue weighted by atomic mass is 10.1. The normalized spacial score (nSPS) is 9.93. The summed E-state index contributed by atoms with van der Waals surface area (Å²) in [5.74, 6) is -0.0857. The minimum absolute atomic E-state index is 0.0857. The van der Waals surface area contributed by atoms with Gasteiger partial charge in [-0.15, -0.1) is 0 Å². The SMILES string of the molecule is Cc1ccc(C(=O)c2ccnnc2)cn1. The van der Waals surface area contributed by atoms with Crippen LogP contribution >= 0.6 is 0 Å². The molecule has 0 saturated heterocycles. The Balaban J connectivity index is 2.33. The first kappa shape index (κ1) is 9.45. The van der Waals surface area contributed by atoms with Crippen LogP contribution in [-0.2, 0) is 0 Å². The van der Waals surface area contributed by atoms with Gasteiger partial charge in [-0.2, -0.15) is 10.2 Å². The first-order chi connectivity index (χ1) is 7.27. The summed E-state index contributed by atoms with van der Waals surface area (Å²) in [5.41, 5.74) is 1.98. The molecule has 0 unspecified atom stereocenters. The number of pyridine rings is 1.